The van der Waals surface area contributed by atoms with E-state index in [1.54, 1.807) is 0 Å². The van der Waals surface area contributed by atoms with E-state index in [4.69, 9.17) is 5.73 Å². The van der Waals surface area contributed by atoms with Gasteiger partial charge in [0.05, 0.1) is 0 Å². The maximum absolute atomic E-state index is 10.8. The van der Waals surface area contributed by atoms with Crippen LogP contribution in [-0.2, 0) is 5.60 Å². The van der Waals surface area contributed by atoms with Gasteiger partial charge >= 0.3 is 0 Å². The summed E-state index contributed by atoms with van der Waals surface area (Å²) < 4.78 is 0. The Bertz CT molecular complexity index is 382. The number of hydrogen-bond donors (Lipinski definition) is 2. The van der Waals surface area contributed by atoms with Gasteiger partial charge in [0, 0.05) is 19.1 Å². The average molecular weight is 262 g/mol. The smallest absolute Gasteiger partial charge is 0.103 e. The Kier molecular flexibility index (Phi) is 4.97. The summed E-state index contributed by atoms with van der Waals surface area (Å²) in [5.41, 5.74) is 5.86. The summed E-state index contributed by atoms with van der Waals surface area (Å²) >= 11 is 0. The van der Waals surface area contributed by atoms with Gasteiger partial charge in [-0.3, -0.25) is 0 Å². The van der Waals surface area contributed by atoms with Crippen LogP contribution in [0.15, 0.2) is 30.3 Å². The zero-order valence-electron chi connectivity index (χ0n) is 11.9. The average Bonchev–Trinajstić information content (AvgIpc) is 2.47. The van der Waals surface area contributed by atoms with Crippen molar-refractivity contribution in [1.29, 1.82) is 0 Å². The van der Waals surface area contributed by atoms with E-state index in [1.807, 2.05) is 30.3 Å². The molecular weight excluding hydrogens is 236 g/mol. The van der Waals surface area contributed by atoms with Crippen LogP contribution in [0, 0.1) is 0 Å². The maximum Gasteiger partial charge on any atom is 0.103 e. The highest BCUT2D eigenvalue weighted by atomic mass is 16.3. The van der Waals surface area contributed by atoms with Crippen molar-refractivity contribution in [2.45, 2.75) is 44.2 Å². The molecule has 1 aromatic rings. The molecule has 1 saturated heterocycles. The van der Waals surface area contributed by atoms with Crippen LogP contribution >= 0.6 is 0 Å². The highest BCUT2D eigenvalue weighted by Gasteiger charge is 2.29. The predicted octanol–water partition coefficient (Wildman–Crippen LogP) is 2.10. The number of hydrogen-bond acceptors (Lipinski definition) is 3. The van der Waals surface area contributed by atoms with Crippen LogP contribution in [0.3, 0.4) is 0 Å². The van der Waals surface area contributed by atoms with E-state index in [0.717, 1.165) is 18.7 Å². The van der Waals surface area contributed by atoms with Gasteiger partial charge in [0.25, 0.3) is 0 Å². The quantitative estimate of drug-likeness (QED) is 0.854. The van der Waals surface area contributed by atoms with Crippen LogP contribution in [0.4, 0.5) is 0 Å². The second-order valence-corrected chi connectivity index (χ2v) is 5.73. The van der Waals surface area contributed by atoms with Gasteiger partial charge in [-0.15, -0.1) is 0 Å². The van der Waals surface area contributed by atoms with Crippen molar-refractivity contribution in [2.24, 2.45) is 5.73 Å². The third-order valence-electron chi connectivity index (χ3n) is 4.40. The Labute approximate surface area is 116 Å². The summed E-state index contributed by atoms with van der Waals surface area (Å²) in [7, 11) is 0. The minimum Gasteiger partial charge on any atom is -0.384 e. The van der Waals surface area contributed by atoms with E-state index >= 15 is 0 Å². The summed E-state index contributed by atoms with van der Waals surface area (Å²) in [4.78, 5) is 2.48. The van der Waals surface area contributed by atoms with E-state index in [-0.39, 0.29) is 6.54 Å². The molecule has 1 aliphatic rings. The highest BCUT2D eigenvalue weighted by Crippen LogP contribution is 2.26. The molecule has 0 spiro atoms. The van der Waals surface area contributed by atoms with Crippen molar-refractivity contribution < 1.29 is 5.11 Å². The molecule has 3 heteroatoms. The third-order valence-corrected chi connectivity index (χ3v) is 4.40. The van der Waals surface area contributed by atoms with Gasteiger partial charge < -0.3 is 15.7 Å². The molecule has 1 aromatic carbocycles. The van der Waals surface area contributed by atoms with Crippen LogP contribution in [0.2, 0.25) is 0 Å². The van der Waals surface area contributed by atoms with E-state index < -0.39 is 5.60 Å². The van der Waals surface area contributed by atoms with E-state index in [2.05, 4.69) is 11.8 Å². The lowest BCUT2D eigenvalue weighted by atomic mass is 9.89. The zero-order chi connectivity index (χ0) is 13.7. The molecule has 2 unspecified atom stereocenters. The largest absolute Gasteiger partial charge is 0.384 e. The number of aliphatic hydroxyl groups is 1. The second-order valence-electron chi connectivity index (χ2n) is 5.73. The number of piperidine rings is 1. The fourth-order valence-corrected chi connectivity index (χ4v) is 2.93. The Morgan fingerprint density at radius 1 is 1.32 bits per heavy atom. The van der Waals surface area contributed by atoms with E-state index in [0.29, 0.717) is 12.5 Å². The molecule has 0 saturated carbocycles. The third kappa shape index (κ3) is 3.56. The first-order chi connectivity index (χ1) is 9.15. The number of nitrogens with two attached hydrogens (primary N) is 1. The zero-order valence-corrected chi connectivity index (χ0v) is 11.9. The van der Waals surface area contributed by atoms with Crippen LogP contribution in [0.1, 0.15) is 38.2 Å². The highest BCUT2D eigenvalue weighted by molar-refractivity contribution is 5.22. The van der Waals surface area contributed by atoms with Gasteiger partial charge in [0.15, 0.2) is 0 Å². The van der Waals surface area contributed by atoms with Crippen LogP contribution in [-0.4, -0.2) is 35.7 Å². The van der Waals surface area contributed by atoms with E-state index in [1.165, 1.54) is 19.3 Å². The van der Waals surface area contributed by atoms with Crippen molar-refractivity contribution in [3.05, 3.63) is 35.9 Å². The topological polar surface area (TPSA) is 49.5 Å². The minimum atomic E-state index is -0.890. The van der Waals surface area contributed by atoms with Gasteiger partial charge in [-0.05, 0) is 38.3 Å². The Morgan fingerprint density at radius 2 is 2.05 bits per heavy atom. The fourth-order valence-electron chi connectivity index (χ4n) is 2.93. The SMILES string of the molecule is CC1CCCCN1CCC(O)(CN)c1ccccc1. The second kappa shape index (κ2) is 6.51. The monoisotopic (exact) mass is 262 g/mol. The van der Waals surface area contributed by atoms with Gasteiger partial charge in [-0.1, -0.05) is 36.8 Å². The number of nitrogens with zero attached hydrogens (tertiary/aromatic N) is 1. The summed E-state index contributed by atoms with van der Waals surface area (Å²) in [6, 6.07) is 10.4. The molecule has 0 aliphatic carbocycles. The molecule has 19 heavy (non-hydrogen) atoms. The lowest BCUT2D eigenvalue weighted by Crippen LogP contribution is -2.43. The molecule has 106 valence electrons. The van der Waals surface area contributed by atoms with Gasteiger partial charge in [0.2, 0.25) is 0 Å². The molecule has 3 nitrogen and oxygen atoms in total. The molecule has 0 amide bonds. The molecule has 1 aliphatic heterocycles. The summed E-state index contributed by atoms with van der Waals surface area (Å²) in [5.74, 6) is 0. The van der Waals surface area contributed by atoms with Crippen molar-refractivity contribution in [1.82, 2.24) is 4.90 Å². The molecule has 0 aromatic heterocycles. The van der Waals surface area contributed by atoms with Gasteiger partial charge in [-0.25, -0.2) is 0 Å². The summed E-state index contributed by atoms with van der Waals surface area (Å²) in [5, 5.41) is 10.8. The maximum atomic E-state index is 10.8. The Hall–Kier alpha value is -0.900. The van der Waals surface area contributed by atoms with Gasteiger partial charge in [-0.2, -0.15) is 0 Å². The first-order valence-electron chi connectivity index (χ1n) is 7.38. The van der Waals surface area contributed by atoms with Crippen LogP contribution < -0.4 is 5.73 Å². The molecule has 2 atom stereocenters. The summed E-state index contributed by atoms with van der Waals surface area (Å²) in [6.07, 6.45) is 4.58. The number of rotatable bonds is 5. The first-order valence-corrected chi connectivity index (χ1v) is 7.38. The molecular formula is C16H26N2O. The molecule has 1 fully saturated rings. The molecule has 2 rings (SSSR count). The van der Waals surface area contributed by atoms with Crippen LogP contribution in [0.5, 0.6) is 0 Å². The normalized spacial score (nSPS) is 24.1. The first kappa shape index (κ1) is 14.5. The predicted molar refractivity (Wildman–Crippen MR) is 78.9 cm³/mol. The molecule has 1 heterocycles. The molecule has 3 N–H and O–H groups in total. The van der Waals surface area contributed by atoms with Crippen molar-refractivity contribution in [3.8, 4) is 0 Å². The number of likely N-dealkylation sites (tertiary alicyclic amines) is 1. The lowest BCUT2D eigenvalue weighted by Gasteiger charge is -2.36. The lowest BCUT2D eigenvalue weighted by molar-refractivity contribution is 0.0179. The van der Waals surface area contributed by atoms with Crippen molar-refractivity contribution in [3.63, 3.8) is 0 Å². The van der Waals surface area contributed by atoms with Gasteiger partial charge in [0.1, 0.15) is 5.60 Å². The summed E-state index contributed by atoms with van der Waals surface area (Å²) in [6.45, 7) is 4.63. The fraction of sp³-hybridized carbons (Fsp3) is 0.625. The Balaban J connectivity index is 1.99. The van der Waals surface area contributed by atoms with Crippen molar-refractivity contribution in [2.75, 3.05) is 19.6 Å². The minimum absolute atomic E-state index is 0.277. The molecule has 0 bridgehead atoms. The number of benzene rings is 1. The standard InChI is InChI=1S/C16H26N2O/c1-14-7-5-6-11-18(14)12-10-16(19,13-17)15-8-3-2-4-9-15/h2-4,8-9,14,19H,5-7,10-13,17H2,1H3. The Morgan fingerprint density at radius 3 is 2.68 bits per heavy atom. The van der Waals surface area contributed by atoms with E-state index in [9.17, 15) is 5.11 Å². The van der Waals surface area contributed by atoms with Crippen molar-refractivity contribution >= 4 is 0 Å². The van der Waals surface area contributed by atoms with Crippen LogP contribution in [0.25, 0.3) is 0 Å². The molecule has 0 radical (unpaired) electrons.